The first-order valence-corrected chi connectivity index (χ1v) is 31.2. The molecule has 8 heteroatoms. The van der Waals surface area contributed by atoms with Gasteiger partial charge in [0.15, 0.2) is 0 Å². The molecule has 4 aliphatic heterocycles. The minimum absolute atomic E-state index is 0.0201. The van der Waals surface area contributed by atoms with E-state index in [9.17, 15) is 0 Å². The van der Waals surface area contributed by atoms with Crippen molar-refractivity contribution in [1.82, 2.24) is 0 Å². The molecular weight excluding hydrogens is 1080 g/mol. The second kappa shape index (κ2) is 17.6. The number of fused-ring (bicyclic) bond motifs is 16. The van der Waals surface area contributed by atoms with Gasteiger partial charge in [0.2, 0.25) is 0 Å². The number of nitrogens with zero attached hydrogens (tertiary/aromatic N) is 2. The van der Waals surface area contributed by atoms with Gasteiger partial charge in [-0.2, -0.15) is 0 Å². The number of para-hydroxylation sites is 5. The molecule has 4 nitrogen and oxygen atoms in total. The number of anilines is 6. The van der Waals surface area contributed by atoms with Crippen LogP contribution in [0.5, 0.6) is 23.0 Å². The first-order valence-electron chi connectivity index (χ1n) is 28.6. The molecular formula is C74H54B2N2O2SSe. The van der Waals surface area contributed by atoms with Crippen molar-refractivity contribution in [3.8, 4) is 45.3 Å². The topological polar surface area (TPSA) is 24.9 Å². The maximum atomic E-state index is 6.63. The zero-order valence-corrected chi connectivity index (χ0v) is 49.0. The van der Waals surface area contributed by atoms with Gasteiger partial charge < -0.3 is 0 Å². The Morgan fingerprint density at radius 3 is 1.55 bits per heavy atom. The molecule has 0 fully saturated rings. The van der Waals surface area contributed by atoms with Gasteiger partial charge in [0.05, 0.1) is 0 Å². The van der Waals surface area contributed by atoms with E-state index >= 15 is 0 Å². The molecule has 390 valence electrons. The average molecular weight is 1140 g/mol. The molecule has 4 heterocycles. The van der Waals surface area contributed by atoms with Gasteiger partial charge in [-0.05, 0) is 12.1 Å². The molecule has 17 rings (SSSR count). The predicted molar refractivity (Wildman–Crippen MR) is 345 cm³/mol. The van der Waals surface area contributed by atoms with E-state index in [0.29, 0.717) is 0 Å². The van der Waals surface area contributed by atoms with Crippen molar-refractivity contribution in [2.75, 3.05) is 9.80 Å². The van der Waals surface area contributed by atoms with Gasteiger partial charge in [-0.3, -0.25) is 0 Å². The summed E-state index contributed by atoms with van der Waals surface area (Å²) in [5.41, 5.74) is 28.6. The number of hydrogen-bond acceptors (Lipinski definition) is 5. The van der Waals surface area contributed by atoms with Gasteiger partial charge in [0.1, 0.15) is 5.75 Å². The zero-order valence-electron chi connectivity index (χ0n) is 46.5. The molecule has 0 bridgehead atoms. The van der Waals surface area contributed by atoms with Crippen molar-refractivity contribution in [3.63, 3.8) is 0 Å². The summed E-state index contributed by atoms with van der Waals surface area (Å²) in [5.74, 6) is 3.40. The molecule has 6 aliphatic rings. The van der Waals surface area contributed by atoms with Crippen LogP contribution in [0.2, 0.25) is 0 Å². The van der Waals surface area contributed by atoms with Crippen LogP contribution in [0.15, 0.2) is 228 Å². The molecule has 0 aromatic heterocycles. The normalized spacial score (nSPS) is 15.2. The third-order valence-corrected chi connectivity index (χ3v) is 22.7. The van der Waals surface area contributed by atoms with Gasteiger partial charge >= 0.3 is 458 Å². The molecule has 11 aromatic carbocycles. The predicted octanol–water partition coefficient (Wildman–Crippen LogP) is 13.5. The summed E-state index contributed by atoms with van der Waals surface area (Å²) in [6.45, 7) is 14.7. The summed E-state index contributed by atoms with van der Waals surface area (Å²) in [4.78, 5) is 8.09. The number of hydrogen-bond donors (Lipinski definition) is 0. The van der Waals surface area contributed by atoms with Crippen LogP contribution in [0, 0.1) is 13.8 Å². The minimum atomic E-state index is -0.399. The van der Waals surface area contributed by atoms with Crippen LogP contribution in [0.25, 0.3) is 22.3 Å². The van der Waals surface area contributed by atoms with Crippen molar-refractivity contribution < 1.29 is 9.47 Å². The van der Waals surface area contributed by atoms with Gasteiger partial charge in [0, 0.05) is 0 Å². The van der Waals surface area contributed by atoms with Crippen molar-refractivity contribution in [2.24, 2.45) is 0 Å². The third-order valence-electron chi connectivity index (χ3n) is 18.7. The van der Waals surface area contributed by atoms with Crippen LogP contribution in [-0.4, -0.2) is 28.4 Å². The third kappa shape index (κ3) is 6.66. The summed E-state index contributed by atoms with van der Waals surface area (Å²) in [5, 5.41) is 0. The van der Waals surface area contributed by atoms with Crippen molar-refractivity contribution in [3.05, 3.63) is 252 Å². The molecule has 0 spiro atoms. The molecule has 0 saturated carbocycles. The van der Waals surface area contributed by atoms with E-state index < -0.39 is 5.41 Å². The van der Waals surface area contributed by atoms with Crippen molar-refractivity contribution in [2.45, 2.75) is 62.2 Å². The Kier molecular flexibility index (Phi) is 10.4. The van der Waals surface area contributed by atoms with E-state index in [1.54, 1.807) is 0 Å². The Hall–Kier alpha value is -8.38. The molecule has 0 saturated heterocycles. The Morgan fingerprint density at radius 1 is 0.415 bits per heavy atom. The molecule has 0 atom stereocenters. The van der Waals surface area contributed by atoms with Gasteiger partial charge in [-0.25, -0.2) is 0 Å². The fraction of sp³-hybridized carbons (Fsp3) is 0.108. The zero-order chi connectivity index (χ0) is 54.9. The maximum absolute atomic E-state index is 6.63. The Balaban J connectivity index is 0.936. The van der Waals surface area contributed by atoms with Crippen LogP contribution >= 0.6 is 11.8 Å². The molecule has 0 N–H and O–H groups in total. The van der Waals surface area contributed by atoms with E-state index in [4.69, 9.17) is 9.47 Å². The number of benzene rings is 11. The van der Waals surface area contributed by atoms with Crippen molar-refractivity contribution in [1.29, 1.82) is 0 Å². The summed E-state index contributed by atoms with van der Waals surface area (Å²) in [6, 6.07) is 80.2. The van der Waals surface area contributed by atoms with Crippen LogP contribution in [0.1, 0.15) is 61.1 Å². The Labute approximate surface area is 491 Å². The van der Waals surface area contributed by atoms with Crippen molar-refractivity contribution >= 4 is 116 Å². The van der Waals surface area contributed by atoms with E-state index in [1.165, 1.54) is 136 Å². The summed E-state index contributed by atoms with van der Waals surface area (Å²) in [6.07, 6.45) is 0. The van der Waals surface area contributed by atoms with Gasteiger partial charge in [-0.15, -0.1) is 0 Å². The molecule has 2 aliphatic carbocycles. The van der Waals surface area contributed by atoms with Crippen LogP contribution in [0.4, 0.5) is 34.1 Å². The summed E-state index contributed by atoms with van der Waals surface area (Å²) >= 11 is 1.99. The second-order valence-electron chi connectivity index (χ2n) is 23.9. The van der Waals surface area contributed by atoms with E-state index in [1.807, 2.05) is 72.4 Å². The quantitative estimate of drug-likeness (QED) is 0.155. The van der Waals surface area contributed by atoms with E-state index in [2.05, 4.69) is 209 Å². The first kappa shape index (κ1) is 48.3. The van der Waals surface area contributed by atoms with E-state index in [-0.39, 0.29) is 33.8 Å². The molecule has 82 heavy (non-hydrogen) atoms. The molecule has 11 aromatic rings. The average Bonchev–Trinajstić information content (AvgIpc) is 3.05. The standard InChI is InChI=1S/C74H54B2N2O2SSe/c1-43-65-69(44(2)72-66(43)76-58-32-20-22-34-61(58)81-71-64-54(42-62(82-72)68(71)76)52-38-36-50(40-56(52)74(64,5)6)80-48-29-17-10-18-30-48)78(46-25-13-8-14-26-46)60-41-53-51-37-35-49(79-47-27-15-9-16-28-47)39-55(51)73(3,4)63(53)70-67(60)75(65)57-31-19-21-33-59(57)77(70)45-23-11-7-12-24-45/h7-42H,1-6H3. The number of rotatable bonds is 6. The Morgan fingerprint density at radius 2 is 0.927 bits per heavy atom. The van der Waals surface area contributed by atoms with Gasteiger partial charge in [-0.1, -0.05) is 18.2 Å². The van der Waals surface area contributed by atoms with Gasteiger partial charge in [0.25, 0.3) is 0 Å². The first-order chi connectivity index (χ1) is 40.0. The molecule has 0 radical (unpaired) electrons. The SMILES string of the molecule is Cc1c2c(c(C)c3c1B1c4ccccc4N(c4ccccc4)c4c1c(cc1c4C(C)(C)c4cc(Oc5ccccc5)ccc4-1)N3c1ccccc1)[Se]c1cc3c(c4c1B2c1ccccc1S4)C(C)(C)c1cc(Oc2ccccc2)ccc1-3. The summed E-state index contributed by atoms with van der Waals surface area (Å²) in [7, 11) is 0. The fourth-order valence-electron chi connectivity index (χ4n) is 15.3. The summed E-state index contributed by atoms with van der Waals surface area (Å²) < 4.78 is 16.2. The monoisotopic (exact) mass is 1140 g/mol. The van der Waals surface area contributed by atoms with Crippen LogP contribution < -0.4 is 61.0 Å². The van der Waals surface area contributed by atoms with E-state index in [0.717, 1.165) is 28.7 Å². The van der Waals surface area contributed by atoms with Crippen LogP contribution in [-0.2, 0) is 10.8 Å². The number of ether oxygens (including phenoxy) is 2. The second-order valence-corrected chi connectivity index (χ2v) is 27.1. The Bertz CT molecular complexity index is 4570. The molecule has 0 amide bonds. The molecule has 0 unspecified atom stereocenters. The fourth-order valence-corrected chi connectivity index (χ4v) is 19.8. The van der Waals surface area contributed by atoms with Crippen LogP contribution in [0.3, 0.4) is 0 Å².